The highest BCUT2D eigenvalue weighted by Gasteiger charge is 2.11. The number of carbonyl (C=O) groups is 1. The third-order valence-corrected chi connectivity index (χ3v) is 3.14. The first kappa shape index (κ1) is 16.8. The molecule has 0 aliphatic rings. The normalized spacial score (nSPS) is 10.0. The van der Waals surface area contributed by atoms with Crippen LogP contribution in [0.1, 0.15) is 16.3 Å². The second-order valence-electron chi connectivity index (χ2n) is 4.65. The van der Waals surface area contributed by atoms with Crippen LogP contribution in [0.4, 0.5) is 11.5 Å². The van der Waals surface area contributed by atoms with Gasteiger partial charge >= 0.3 is 0 Å². The van der Waals surface area contributed by atoms with Crippen molar-refractivity contribution in [3.63, 3.8) is 0 Å². The molecule has 0 saturated carbocycles. The summed E-state index contributed by atoms with van der Waals surface area (Å²) < 4.78 is 5.28. The van der Waals surface area contributed by atoms with Gasteiger partial charge in [-0.15, -0.1) is 6.58 Å². The maximum Gasteiger partial charge on any atom is 0.270 e. The molecule has 2 aromatic rings. The summed E-state index contributed by atoms with van der Waals surface area (Å²) in [6.45, 7) is 5.64. The number of nitrogens with zero attached hydrogens (tertiary/aromatic N) is 2. The summed E-state index contributed by atoms with van der Waals surface area (Å²) in [5.74, 6) is 1.27. The fourth-order valence-corrected chi connectivity index (χ4v) is 2.09. The second kappa shape index (κ2) is 7.60. The highest BCUT2D eigenvalue weighted by Crippen LogP contribution is 2.30. The molecule has 0 radical (unpaired) electrons. The van der Waals surface area contributed by atoms with E-state index in [4.69, 9.17) is 16.3 Å². The predicted octanol–water partition coefficient (Wildman–Crippen LogP) is 3.11. The second-order valence-corrected chi connectivity index (χ2v) is 5.09. The van der Waals surface area contributed by atoms with E-state index in [0.717, 1.165) is 0 Å². The molecule has 23 heavy (non-hydrogen) atoms. The minimum atomic E-state index is -0.295. The van der Waals surface area contributed by atoms with Gasteiger partial charge in [0.2, 0.25) is 0 Å². The molecule has 0 unspecified atom stereocenters. The number of benzene rings is 1. The summed E-state index contributed by atoms with van der Waals surface area (Å²) >= 11 is 6.01. The van der Waals surface area contributed by atoms with Gasteiger partial charge in [-0.05, 0) is 25.1 Å². The molecular formula is C16H17ClN4O2. The van der Waals surface area contributed by atoms with Crippen LogP contribution in [0.5, 0.6) is 5.75 Å². The van der Waals surface area contributed by atoms with Crippen molar-refractivity contribution in [2.75, 3.05) is 19.0 Å². The molecule has 0 aliphatic heterocycles. The van der Waals surface area contributed by atoms with Crippen molar-refractivity contribution < 1.29 is 9.53 Å². The number of amides is 1. The number of anilines is 2. The zero-order chi connectivity index (χ0) is 16.8. The number of halogens is 1. The summed E-state index contributed by atoms with van der Waals surface area (Å²) in [6.07, 6.45) is 1.60. The highest BCUT2D eigenvalue weighted by atomic mass is 35.5. The van der Waals surface area contributed by atoms with Crippen LogP contribution in [-0.4, -0.2) is 29.5 Å². The summed E-state index contributed by atoms with van der Waals surface area (Å²) in [7, 11) is 1.56. The SMILES string of the molecule is C=CCNC(=O)c1cc(Nc2cc(Cl)ccc2OC)nc(C)n1. The first-order chi connectivity index (χ1) is 11.0. The van der Waals surface area contributed by atoms with Gasteiger partial charge in [-0.1, -0.05) is 17.7 Å². The fraction of sp³-hybridized carbons (Fsp3) is 0.188. The van der Waals surface area contributed by atoms with Crippen molar-refractivity contribution in [1.82, 2.24) is 15.3 Å². The van der Waals surface area contributed by atoms with Crippen molar-refractivity contribution in [3.05, 3.63) is 53.5 Å². The molecule has 6 nitrogen and oxygen atoms in total. The van der Waals surface area contributed by atoms with E-state index in [0.29, 0.717) is 34.6 Å². The average molecular weight is 333 g/mol. The number of rotatable bonds is 6. The first-order valence-corrected chi connectivity index (χ1v) is 7.26. The van der Waals surface area contributed by atoms with E-state index in [-0.39, 0.29) is 11.6 Å². The van der Waals surface area contributed by atoms with Crippen LogP contribution in [0.25, 0.3) is 0 Å². The summed E-state index contributed by atoms with van der Waals surface area (Å²) in [6, 6.07) is 6.75. The number of hydrogen-bond donors (Lipinski definition) is 2. The number of carbonyl (C=O) groups excluding carboxylic acids is 1. The smallest absolute Gasteiger partial charge is 0.270 e. The van der Waals surface area contributed by atoms with Crippen LogP contribution in [0.2, 0.25) is 5.02 Å². The van der Waals surface area contributed by atoms with E-state index in [1.165, 1.54) is 0 Å². The average Bonchev–Trinajstić information content (AvgIpc) is 2.52. The molecule has 1 heterocycles. The Morgan fingerprint density at radius 2 is 2.17 bits per heavy atom. The molecule has 0 aliphatic carbocycles. The molecular weight excluding hydrogens is 316 g/mol. The monoisotopic (exact) mass is 332 g/mol. The molecule has 0 spiro atoms. The maximum atomic E-state index is 12.0. The number of nitrogens with one attached hydrogen (secondary N) is 2. The third kappa shape index (κ3) is 4.43. The van der Waals surface area contributed by atoms with Crippen molar-refractivity contribution in [2.45, 2.75) is 6.92 Å². The van der Waals surface area contributed by atoms with Gasteiger partial charge in [0.05, 0.1) is 12.8 Å². The Morgan fingerprint density at radius 1 is 1.39 bits per heavy atom. The van der Waals surface area contributed by atoms with Crippen LogP contribution >= 0.6 is 11.6 Å². The third-order valence-electron chi connectivity index (χ3n) is 2.90. The van der Waals surface area contributed by atoms with Crippen molar-refractivity contribution in [3.8, 4) is 5.75 Å². The molecule has 0 atom stereocenters. The number of hydrogen-bond acceptors (Lipinski definition) is 5. The lowest BCUT2D eigenvalue weighted by atomic mass is 10.2. The molecule has 0 fully saturated rings. The first-order valence-electron chi connectivity index (χ1n) is 6.89. The van der Waals surface area contributed by atoms with E-state index < -0.39 is 0 Å². The molecule has 1 aromatic heterocycles. The molecule has 2 N–H and O–H groups in total. The topological polar surface area (TPSA) is 76.1 Å². The predicted molar refractivity (Wildman–Crippen MR) is 90.6 cm³/mol. The molecule has 2 rings (SSSR count). The largest absolute Gasteiger partial charge is 0.495 e. The number of ether oxygens (including phenoxy) is 1. The van der Waals surface area contributed by atoms with Gasteiger partial charge in [0.1, 0.15) is 23.1 Å². The Hall–Kier alpha value is -2.60. The Bertz CT molecular complexity index is 734. The van der Waals surface area contributed by atoms with Gasteiger partial charge in [0.25, 0.3) is 5.91 Å². The van der Waals surface area contributed by atoms with Gasteiger partial charge in [0, 0.05) is 17.6 Å². The van der Waals surface area contributed by atoms with Crippen LogP contribution in [0.3, 0.4) is 0 Å². The minimum absolute atomic E-state index is 0.267. The van der Waals surface area contributed by atoms with E-state index in [1.54, 1.807) is 44.4 Å². The summed E-state index contributed by atoms with van der Waals surface area (Å²) in [4.78, 5) is 20.4. The van der Waals surface area contributed by atoms with Crippen LogP contribution < -0.4 is 15.4 Å². The van der Waals surface area contributed by atoms with Crippen LogP contribution in [0, 0.1) is 6.92 Å². The molecule has 7 heteroatoms. The Balaban J connectivity index is 2.30. The summed E-state index contributed by atoms with van der Waals surface area (Å²) in [5, 5.41) is 6.33. The Morgan fingerprint density at radius 3 is 2.87 bits per heavy atom. The van der Waals surface area contributed by atoms with Gasteiger partial charge in [-0.25, -0.2) is 9.97 Å². The van der Waals surface area contributed by atoms with Crippen molar-refractivity contribution in [2.24, 2.45) is 0 Å². The standard InChI is InChI=1S/C16H17ClN4O2/c1-4-7-18-16(22)13-9-15(20-10(2)19-13)21-12-8-11(17)5-6-14(12)23-3/h4-6,8-9H,1,7H2,2-3H3,(H,18,22)(H,19,20,21). The van der Waals surface area contributed by atoms with Gasteiger partial charge in [0.15, 0.2) is 0 Å². The van der Waals surface area contributed by atoms with Crippen LogP contribution in [-0.2, 0) is 0 Å². The van der Waals surface area contributed by atoms with Crippen molar-refractivity contribution >= 4 is 29.0 Å². The number of methoxy groups -OCH3 is 1. The molecule has 1 amide bonds. The van der Waals surface area contributed by atoms with E-state index in [1.807, 2.05) is 0 Å². The minimum Gasteiger partial charge on any atom is -0.495 e. The lowest BCUT2D eigenvalue weighted by Gasteiger charge is -2.12. The lowest BCUT2D eigenvalue weighted by Crippen LogP contribution is -2.24. The number of aryl methyl sites for hydroxylation is 1. The van der Waals surface area contributed by atoms with Crippen LogP contribution in [0.15, 0.2) is 36.9 Å². The van der Waals surface area contributed by atoms with E-state index in [2.05, 4.69) is 27.2 Å². The van der Waals surface area contributed by atoms with Gasteiger partial charge < -0.3 is 15.4 Å². The quantitative estimate of drug-likeness (QED) is 0.795. The summed E-state index contributed by atoms with van der Waals surface area (Å²) in [5.41, 5.74) is 0.915. The van der Waals surface area contributed by atoms with E-state index >= 15 is 0 Å². The molecule has 120 valence electrons. The van der Waals surface area contributed by atoms with Gasteiger partial charge in [-0.3, -0.25) is 4.79 Å². The number of aromatic nitrogens is 2. The molecule has 0 bridgehead atoms. The van der Waals surface area contributed by atoms with Crippen molar-refractivity contribution in [1.29, 1.82) is 0 Å². The molecule has 1 aromatic carbocycles. The lowest BCUT2D eigenvalue weighted by molar-refractivity contribution is 0.0952. The van der Waals surface area contributed by atoms with Gasteiger partial charge in [-0.2, -0.15) is 0 Å². The molecule has 0 saturated heterocycles. The highest BCUT2D eigenvalue weighted by molar-refractivity contribution is 6.31. The Labute approximate surface area is 139 Å². The van der Waals surface area contributed by atoms with E-state index in [9.17, 15) is 4.79 Å². The zero-order valence-electron chi connectivity index (χ0n) is 12.9. The maximum absolute atomic E-state index is 12.0. The Kier molecular flexibility index (Phi) is 5.54. The zero-order valence-corrected chi connectivity index (χ0v) is 13.6. The fourth-order valence-electron chi connectivity index (χ4n) is 1.92.